The van der Waals surface area contributed by atoms with Gasteiger partial charge in [-0.3, -0.25) is 0 Å². The Hall–Kier alpha value is -2.05. The lowest BCUT2D eigenvalue weighted by molar-refractivity contribution is -0.136. The third-order valence-corrected chi connectivity index (χ3v) is 8.73. The number of benzene rings is 3. The summed E-state index contributed by atoms with van der Waals surface area (Å²) in [5.74, 6) is 0.597. The molecule has 0 aliphatic carbocycles. The van der Waals surface area contributed by atoms with Crippen LogP contribution in [0.1, 0.15) is 52.0 Å². The number of hydrogen-bond donors (Lipinski definition) is 0. The summed E-state index contributed by atoms with van der Waals surface area (Å²) in [4.78, 5) is 0. The minimum Gasteiger partial charge on any atom is -0.494 e. The minimum absolute atomic E-state index is 0.0459. The predicted octanol–water partition coefficient (Wildman–Crippen LogP) is 9.06. The molecule has 3 rings (SSSR count). The van der Waals surface area contributed by atoms with Crippen molar-refractivity contribution < 1.29 is 22.3 Å². The lowest BCUT2D eigenvalue weighted by Crippen LogP contribution is -2.42. The summed E-state index contributed by atoms with van der Waals surface area (Å²) in [5, 5.41) is 4.37. The average molecular weight is 491 g/mol. The van der Waals surface area contributed by atoms with E-state index in [1.165, 1.54) is 24.4 Å². The van der Waals surface area contributed by atoms with Crippen LogP contribution in [-0.2, 0) is 10.8 Å². The Morgan fingerprint density at radius 1 is 0.853 bits per heavy atom. The molecule has 0 fully saturated rings. The second-order valence-corrected chi connectivity index (χ2v) is 14.7. The van der Waals surface area contributed by atoms with Crippen molar-refractivity contribution in [3.63, 3.8) is 0 Å². The number of alkyl halides is 3. The smallest absolute Gasteiger partial charge is 0.389 e. The summed E-state index contributed by atoms with van der Waals surface area (Å²) < 4.78 is 49.5. The zero-order chi connectivity index (χ0) is 25.0. The third-order valence-electron chi connectivity index (χ3n) is 6.06. The molecule has 3 aromatic carbocycles. The van der Waals surface area contributed by atoms with Crippen LogP contribution in [0, 0.1) is 0 Å². The van der Waals surface area contributed by atoms with Crippen LogP contribution in [0.25, 0.3) is 21.5 Å². The number of ether oxygens (including phenoxy) is 1. The standard InChI is InChI=1S/C28H37F3O2Si/c1-6-7-17-34(4,5)33-27(2,3)20-21-9-10-22-11-12-23-13-14-24(19-26(23)25(22)18-21)32-16-8-15-28(29,30)31/h9-14,18-19H,6-8,15-17,20H2,1-5H3. The van der Waals surface area contributed by atoms with Crippen molar-refractivity contribution in [3.05, 3.63) is 54.1 Å². The molecule has 3 aromatic rings. The molecule has 2 nitrogen and oxygen atoms in total. The highest BCUT2D eigenvalue weighted by atomic mass is 28.4. The molecular formula is C28H37F3O2Si. The maximum Gasteiger partial charge on any atom is 0.389 e. The molecule has 0 aliphatic rings. The van der Waals surface area contributed by atoms with Crippen molar-refractivity contribution in [2.24, 2.45) is 0 Å². The molecule has 34 heavy (non-hydrogen) atoms. The van der Waals surface area contributed by atoms with E-state index in [-0.39, 0.29) is 18.6 Å². The van der Waals surface area contributed by atoms with Gasteiger partial charge in [0, 0.05) is 6.42 Å². The number of hydrogen-bond acceptors (Lipinski definition) is 2. The maximum atomic E-state index is 12.4. The summed E-state index contributed by atoms with van der Waals surface area (Å²) >= 11 is 0. The van der Waals surface area contributed by atoms with Gasteiger partial charge in [-0.2, -0.15) is 13.2 Å². The largest absolute Gasteiger partial charge is 0.494 e. The van der Waals surface area contributed by atoms with Gasteiger partial charge in [-0.05, 0) is 85.1 Å². The van der Waals surface area contributed by atoms with E-state index in [4.69, 9.17) is 9.16 Å². The molecule has 0 aliphatic heterocycles. The fourth-order valence-corrected chi connectivity index (χ4v) is 7.54. The Morgan fingerprint density at radius 2 is 1.47 bits per heavy atom. The highest BCUT2D eigenvalue weighted by Crippen LogP contribution is 2.32. The SMILES string of the molecule is CCCC[Si](C)(C)OC(C)(C)Cc1ccc2ccc3ccc(OCCCC(F)(F)F)cc3c2c1. The van der Waals surface area contributed by atoms with Gasteiger partial charge in [0.05, 0.1) is 12.2 Å². The molecule has 0 N–H and O–H groups in total. The van der Waals surface area contributed by atoms with Gasteiger partial charge in [0.15, 0.2) is 8.32 Å². The number of rotatable bonds is 11. The molecule has 0 saturated carbocycles. The Labute approximate surface area is 202 Å². The summed E-state index contributed by atoms with van der Waals surface area (Å²) in [5.41, 5.74) is 0.955. The highest BCUT2D eigenvalue weighted by Gasteiger charge is 2.31. The van der Waals surface area contributed by atoms with Gasteiger partial charge in [0.25, 0.3) is 0 Å². The summed E-state index contributed by atoms with van der Waals surface area (Å²) in [6.07, 6.45) is -1.82. The van der Waals surface area contributed by atoms with Crippen LogP contribution in [0.5, 0.6) is 5.75 Å². The summed E-state index contributed by atoms with van der Waals surface area (Å²) in [6, 6.07) is 17.6. The summed E-state index contributed by atoms with van der Waals surface area (Å²) in [7, 11) is -1.73. The Balaban J connectivity index is 1.81. The highest BCUT2D eigenvalue weighted by molar-refractivity contribution is 6.71. The minimum atomic E-state index is -4.15. The molecule has 0 unspecified atom stereocenters. The second kappa shape index (κ2) is 10.7. The van der Waals surface area contributed by atoms with E-state index in [1.54, 1.807) is 0 Å². The number of fused-ring (bicyclic) bond motifs is 3. The molecule has 0 saturated heterocycles. The molecule has 0 spiro atoms. The average Bonchev–Trinajstić information content (AvgIpc) is 2.73. The van der Waals surface area contributed by atoms with Crippen LogP contribution in [0.3, 0.4) is 0 Å². The van der Waals surface area contributed by atoms with E-state index in [2.05, 4.69) is 64.2 Å². The van der Waals surface area contributed by atoms with Gasteiger partial charge in [0.2, 0.25) is 0 Å². The zero-order valence-electron chi connectivity index (χ0n) is 21.0. The molecule has 6 heteroatoms. The van der Waals surface area contributed by atoms with E-state index in [1.807, 2.05) is 18.2 Å². The predicted molar refractivity (Wildman–Crippen MR) is 138 cm³/mol. The van der Waals surface area contributed by atoms with Crippen molar-refractivity contribution in [2.75, 3.05) is 6.61 Å². The third kappa shape index (κ3) is 7.74. The van der Waals surface area contributed by atoms with Crippen LogP contribution < -0.4 is 4.74 Å². The van der Waals surface area contributed by atoms with Gasteiger partial charge in [-0.25, -0.2) is 0 Å². The van der Waals surface area contributed by atoms with Gasteiger partial charge < -0.3 is 9.16 Å². The fraction of sp³-hybridized carbons (Fsp3) is 0.500. The van der Waals surface area contributed by atoms with Gasteiger partial charge in [-0.1, -0.05) is 56.2 Å². The first-order valence-corrected chi connectivity index (χ1v) is 15.3. The van der Waals surface area contributed by atoms with E-state index in [9.17, 15) is 13.2 Å². The zero-order valence-corrected chi connectivity index (χ0v) is 22.0. The summed E-state index contributed by atoms with van der Waals surface area (Å²) in [6.45, 7) is 11.2. The van der Waals surface area contributed by atoms with Crippen LogP contribution in [0.15, 0.2) is 48.5 Å². The molecule has 0 radical (unpaired) electrons. The van der Waals surface area contributed by atoms with Gasteiger partial charge >= 0.3 is 6.18 Å². The molecule has 0 bridgehead atoms. The second-order valence-electron chi connectivity index (χ2n) is 10.5. The van der Waals surface area contributed by atoms with E-state index in [0.717, 1.165) is 28.0 Å². The van der Waals surface area contributed by atoms with E-state index >= 15 is 0 Å². The first-order chi connectivity index (χ1) is 15.9. The Bertz CT molecular complexity index is 1110. The van der Waals surface area contributed by atoms with Gasteiger partial charge in [-0.15, -0.1) is 0 Å². The van der Waals surface area contributed by atoms with Crippen LogP contribution >= 0.6 is 0 Å². The molecule has 186 valence electrons. The maximum absolute atomic E-state index is 12.4. The fourth-order valence-electron chi connectivity index (χ4n) is 4.67. The molecule has 0 aromatic heterocycles. The van der Waals surface area contributed by atoms with Crippen LogP contribution in [0.4, 0.5) is 13.2 Å². The first kappa shape index (κ1) is 26.5. The molecule has 0 amide bonds. The lowest BCUT2D eigenvalue weighted by Gasteiger charge is -2.35. The normalized spacial score (nSPS) is 13.1. The molecule has 0 heterocycles. The van der Waals surface area contributed by atoms with Crippen molar-refractivity contribution in [3.8, 4) is 5.75 Å². The topological polar surface area (TPSA) is 18.5 Å². The van der Waals surface area contributed by atoms with Crippen molar-refractivity contribution in [1.82, 2.24) is 0 Å². The molecule has 0 atom stereocenters. The van der Waals surface area contributed by atoms with Crippen molar-refractivity contribution in [1.29, 1.82) is 0 Å². The Morgan fingerprint density at radius 3 is 2.12 bits per heavy atom. The quantitative estimate of drug-likeness (QED) is 0.152. The lowest BCUT2D eigenvalue weighted by atomic mass is 9.94. The first-order valence-electron chi connectivity index (χ1n) is 12.2. The van der Waals surface area contributed by atoms with Crippen LogP contribution in [0.2, 0.25) is 19.1 Å². The van der Waals surface area contributed by atoms with E-state index < -0.39 is 20.9 Å². The molecular weight excluding hydrogens is 453 g/mol. The van der Waals surface area contributed by atoms with Crippen molar-refractivity contribution in [2.45, 2.75) is 83.8 Å². The van der Waals surface area contributed by atoms with Crippen LogP contribution in [-0.4, -0.2) is 26.7 Å². The monoisotopic (exact) mass is 490 g/mol. The Kier molecular flexibility index (Phi) is 8.35. The van der Waals surface area contributed by atoms with E-state index in [0.29, 0.717) is 5.75 Å². The van der Waals surface area contributed by atoms with Crippen molar-refractivity contribution >= 4 is 29.9 Å². The number of halogens is 3. The van der Waals surface area contributed by atoms with Gasteiger partial charge in [0.1, 0.15) is 5.75 Å². The number of unbranched alkanes of at least 4 members (excludes halogenated alkanes) is 1.